The standard InChI is InChI=1S/C8H9N5S/c9-7-4-12-8(14-7)11-3-6-1-2-10-5-13-6/h1-2,4-5H,3,9H2,(H,11,12). The van der Waals surface area contributed by atoms with E-state index in [0.29, 0.717) is 11.5 Å². The van der Waals surface area contributed by atoms with Crippen LogP contribution in [0.4, 0.5) is 10.1 Å². The van der Waals surface area contributed by atoms with E-state index in [1.165, 1.54) is 17.7 Å². The Kier molecular flexibility index (Phi) is 2.55. The Labute approximate surface area is 85.0 Å². The lowest BCUT2D eigenvalue weighted by molar-refractivity contribution is 1.00. The molecule has 0 unspecified atom stereocenters. The minimum atomic E-state index is 0.634. The van der Waals surface area contributed by atoms with Crippen molar-refractivity contribution in [3.05, 3.63) is 30.5 Å². The molecule has 6 heteroatoms. The molecule has 0 aliphatic carbocycles. The van der Waals surface area contributed by atoms with Crippen molar-refractivity contribution < 1.29 is 0 Å². The molecule has 2 heterocycles. The van der Waals surface area contributed by atoms with Gasteiger partial charge in [-0.3, -0.25) is 0 Å². The third kappa shape index (κ3) is 2.17. The van der Waals surface area contributed by atoms with Gasteiger partial charge in [0.1, 0.15) is 11.3 Å². The summed E-state index contributed by atoms with van der Waals surface area (Å²) in [4.78, 5) is 12.0. The van der Waals surface area contributed by atoms with Crippen molar-refractivity contribution in [1.29, 1.82) is 0 Å². The number of nitrogens with two attached hydrogens (primary N) is 1. The van der Waals surface area contributed by atoms with Gasteiger partial charge in [-0.15, -0.1) is 0 Å². The Morgan fingerprint density at radius 3 is 3.00 bits per heavy atom. The Morgan fingerprint density at radius 1 is 1.43 bits per heavy atom. The summed E-state index contributed by atoms with van der Waals surface area (Å²) < 4.78 is 0. The van der Waals surface area contributed by atoms with Crippen LogP contribution in [-0.2, 0) is 6.54 Å². The van der Waals surface area contributed by atoms with Crippen LogP contribution in [0.25, 0.3) is 0 Å². The van der Waals surface area contributed by atoms with Crippen LogP contribution in [0, 0.1) is 0 Å². The van der Waals surface area contributed by atoms with Crippen LogP contribution in [0.5, 0.6) is 0 Å². The van der Waals surface area contributed by atoms with Crippen molar-refractivity contribution in [3.8, 4) is 0 Å². The van der Waals surface area contributed by atoms with E-state index < -0.39 is 0 Å². The van der Waals surface area contributed by atoms with E-state index in [-0.39, 0.29) is 0 Å². The van der Waals surface area contributed by atoms with E-state index in [9.17, 15) is 0 Å². The van der Waals surface area contributed by atoms with Crippen molar-refractivity contribution >= 4 is 21.5 Å². The van der Waals surface area contributed by atoms with Gasteiger partial charge in [-0.05, 0) is 6.07 Å². The van der Waals surface area contributed by atoms with Gasteiger partial charge in [0.25, 0.3) is 0 Å². The van der Waals surface area contributed by atoms with Crippen molar-refractivity contribution in [3.63, 3.8) is 0 Å². The molecular formula is C8H9N5S. The quantitative estimate of drug-likeness (QED) is 0.788. The average Bonchev–Trinajstić information content (AvgIpc) is 2.63. The van der Waals surface area contributed by atoms with Crippen molar-refractivity contribution in [2.45, 2.75) is 6.54 Å². The van der Waals surface area contributed by atoms with Gasteiger partial charge in [-0.2, -0.15) is 0 Å². The molecular weight excluding hydrogens is 198 g/mol. The van der Waals surface area contributed by atoms with Crippen LogP contribution in [0.3, 0.4) is 0 Å². The van der Waals surface area contributed by atoms with Crippen LogP contribution < -0.4 is 11.1 Å². The molecule has 72 valence electrons. The minimum Gasteiger partial charge on any atom is -0.389 e. The summed E-state index contributed by atoms with van der Waals surface area (Å²) in [5.41, 5.74) is 6.46. The molecule has 0 radical (unpaired) electrons. The largest absolute Gasteiger partial charge is 0.389 e. The molecule has 0 spiro atoms. The summed E-state index contributed by atoms with van der Waals surface area (Å²) in [6.45, 7) is 0.634. The van der Waals surface area contributed by atoms with E-state index in [1.54, 1.807) is 12.4 Å². The first-order chi connectivity index (χ1) is 6.84. The fourth-order valence-electron chi connectivity index (χ4n) is 0.957. The van der Waals surface area contributed by atoms with Crippen LogP contribution >= 0.6 is 11.3 Å². The highest BCUT2D eigenvalue weighted by molar-refractivity contribution is 7.19. The van der Waals surface area contributed by atoms with Crippen molar-refractivity contribution in [1.82, 2.24) is 15.0 Å². The third-order valence-corrected chi connectivity index (χ3v) is 2.37. The van der Waals surface area contributed by atoms with Gasteiger partial charge in [0.05, 0.1) is 18.4 Å². The first-order valence-corrected chi connectivity index (χ1v) is 4.86. The van der Waals surface area contributed by atoms with Gasteiger partial charge in [-0.1, -0.05) is 11.3 Å². The Balaban J connectivity index is 1.95. The second kappa shape index (κ2) is 4.01. The van der Waals surface area contributed by atoms with Gasteiger partial charge in [0.15, 0.2) is 5.13 Å². The van der Waals surface area contributed by atoms with Gasteiger partial charge >= 0.3 is 0 Å². The lowest BCUT2D eigenvalue weighted by Crippen LogP contribution is -2.00. The Hall–Kier alpha value is -1.69. The minimum absolute atomic E-state index is 0.634. The lowest BCUT2D eigenvalue weighted by atomic mass is 10.4. The zero-order chi connectivity index (χ0) is 9.80. The number of anilines is 2. The molecule has 0 atom stereocenters. The number of thiazole rings is 1. The zero-order valence-electron chi connectivity index (χ0n) is 7.34. The fraction of sp³-hybridized carbons (Fsp3) is 0.125. The summed E-state index contributed by atoms with van der Waals surface area (Å²) in [6, 6.07) is 1.85. The second-order valence-corrected chi connectivity index (χ2v) is 3.68. The molecule has 0 fully saturated rings. The number of hydrogen-bond acceptors (Lipinski definition) is 6. The van der Waals surface area contributed by atoms with E-state index in [4.69, 9.17) is 5.73 Å². The fourth-order valence-corrected chi connectivity index (χ4v) is 1.54. The molecule has 3 N–H and O–H groups in total. The highest BCUT2D eigenvalue weighted by atomic mass is 32.1. The average molecular weight is 207 g/mol. The zero-order valence-corrected chi connectivity index (χ0v) is 8.16. The number of hydrogen-bond donors (Lipinski definition) is 2. The number of rotatable bonds is 3. The van der Waals surface area contributed by atoms with E-state index >= 15 is 0 Å². The monoisotopic (exact) mass is 207 g/mol. The summed E-state index contributed by atoms with van der Waals surface area (Å²) in [7, 11) is 0. The maximum Gasteiger partial charge on any atom is 0.184 e. The Morgan fingerprint density at radius 2 is 2.36 bits per heavy atom. The highest BCUT2D eigenvalue weighted by Crippen LogP contribution is 2.19. The topological polar surface area (TPSA) is 76.7 Å². The molecule has 5 nitrogen and oxygen atoms in total. The van der Waals surface area contributed by atoms with E-state index in [0.717, 1.165) is 10.8 Å². The van der Waals surface area contributed by atoms with Crippen LogP contribution in [0.1, 0.15) is 5.69 Å². The first kappa shape index (κ1) is 8.89. The summed E-state index contributed by atoms with van der Waals surface area (Å²) in [6.07, 6.45) is 4.86. The van der Waals surface area contributed by atoms with Crippen molar-refractivity contribution in [2.24, 2.45) is 0 Å². The predicted molar refractivity (Wildman–Crippen MR) is 55.9 cm³/mol. The summed E-state index contributed by atoms with van der Waals surface area (Å²) in [5, 5.41) is 4.63. The molecule has 2 rings (SSSR count). The molecule has 14 heavy (non-hydrogen) atoms. The maximum absolute atomic E-state index is 5.54. The molecule has 0 amide bonds. The normalized spacial score (nSPS) is 10.0. The first-order valence-electron chi connectivity index (χ1n) is 4.04. The maximum atomic E-state index is 5.54. The lowest BCUT2D eigenvalue weighted by Gasteiger charge is -2.00. The van der Waals surface area contributed by atoms with Crippen molar-refractivity contribution in [2.75, 3.05) is 11.1 Å². The molecule has 0 saturated heterocycles. The number of nitrogen functional groups attached to an aromatic ring is 1. The third-order valence-electron chi connectivity index (χ3n) is 1.59. The van der Waals surface area contributed by atoms with E-state index in [1.807, 2.05) is 6.07 Å². The Bertz CT molecular complexity index is 399. The molecule has 2 aromatic rings. The summed E-state index contributed by atoms with van der Waals surface area (Å²) >= 11 is 1.42. The van der Waals surface area contributed by atoms with Gasteiger partial charge in [0, 0.05) is 6.20 Å². The van der Waals surface area contributed by atoms with Crippen LogP contribution in [-0.4, -0.2) is 15.0 Å². The molecule has 0 aromatic carbocycles. The van der Waals surface area contributed by atoms with Crippen LogP contribution in [0.2, 0.25) is 0 Å². The molecule has 0 aliphatic rings. The molecule has 2 aromatic heterocycles. The van der Waals surface area contributed by atoms with Gasteiger partial charge in [0.2, 0.25) is 0 Å². The number of aromatic nitrogens is 3. The highest BCUT2D eigenvalue weighted by Gasteiger charge is 1.98. The molecule has 0 saturated carbocycles. The molecule has 0 bridgehead atoms. The second-order valence-electron chi connectivity index (χ2n) is 2.62. The van der Waals surface area contributed by atoms with Gasteiger partial charge < -0.3 is 11.1 Å². The van der Waals surface area contributed by atoms with Gasteiger partial charge in [-0.25, -0.2) is 15.0 Å². The molecule has 0 aliphatic heterocycles. The predicted octanol–water partition coefficient (Wildman–Crippen LogP) is 1.13. The smallest absolute Gasteiger partial charge is 0.184 e. The number of nitrogens with one attached hydrogen (secondary N) is 1. The van der Waals surface area contributed by atoms with E-state index in [2.05, 4.69) is 20.3 Å². The SMILES string of the molecule is Nc1cnc(NCc2ccncn2)s1. The summed E-state index contributed by atoms with van der Waals surface area (Å²) in [5.74, 6) is 0. The number of nitrogens with zero attached hydrogens (tertiary/aromatic N) is 3. The van der Waals surface area contributed by atoms with Crippen LogP contribution in [0.15, 0.2) is 24.8 Å².